The first-order valence-corrected chi connectivity index (χ1v) is 10.7. The summed E-state index contributed by atoms with van der Waals surface area (Å²) < 4.78 is 0. The van der Waals surface area contributed by atoms with Gasteiger partial charge in [0.1, 0.15) is 6.04 Å². The fourth-order valence-corrected chi connectivity index (χ4v) is 4.33. The van der Waals surface area contributed by atoms with Gasteiger partial charge in [-0.15, -0.1) is 0 Å². The number of nitro benzene ring substituents is 1. The molecule has 2 aliphatic rings. The van der Waals surface area contributed by atoms with Crippen LogP contribution < -0.4 is 4.90 Å². The molecule has 0 aliphatic carbocycles. The Labute approximate surface area is 181 Å². The zero-order chi connectivity index (χ0) is 21.8. The van der Waals surface area contributed by atoms with Crippen molar-refractivity contribution in [3.05, 3.63) is 70.3 Å². The molecule has 2 amide bonds. The van der Waals surface area contributed by atoms with Crippen molar-refractivity contribution in [1.29, 1.82) is 0 Å². The molecule has 8 heteroatoms. The minimum Gasteiger partial charge on any atom is -0.368 e. The molecule has 0 radical (unpaired) electrons. The van der Waals surface area contributed by atoms with Gasteiger partial charge in [-0.1, -0.05) is 30.3 Å². The highest BCUT2D eigenvalue weighted by Crippen LogP contribution is 2.28. The van der Waals surface area contributed by atoms with E-state index in [-0.39, 0.29) is 17.5 Å². The number of non-ortho nitro benzene ring substituents is 1. The van der Waals surface area contributed by atoms with E-state index in [0.29, 0.717) is 39.1 Å². The van der Waals surface area contributed by atoms with Crippen molar-refractivity contribution in [1.82, 2.24) is 9.80 Å². The predicted octanol–water partition coefficient (Wildman–Crippen LogP) is 3.00. The Bertz CT molecular complexity index is 940. The lowest BCUT2D eigenvalue weighted by molar-refractivity contribution is -0.384. The maximum Gasteiger partial charge on any atom is 0.269 e. The lowest BCUT2D eigenvalue weighted by Gasteiger charge is -2.41. The maximum atomic E-state index is 13.5. The van der Waals surface area contributed by atoms with Crippen LogP contribution in [0.4, 0.5) is 11.4 Å². The molecule has 2 saturated heterocycles. The Balaban J connectivity index is 1.47. The molecule has 162 valence electrons. The van der Waals surface area contributed by atoms with E-state index in [9.17, 15) is 19.7 Å². The Morgan fingerprint density at radius 3 is 2.19 bits per heavy atom. The Kier molecular flexibility index (Phi) is 6.16. The number of piperazine rings is 1. The van der Waals surface area contributed by atoms with E-state index >= 15 is 0 Å². The van der Waals surface area contributed by atoms with Gasteiger partial charge in [0.15, 0.2) is 0 Å². The number of piperidine rings is 1. The van der Waals surface area contributed by atoms with E-state index in [1.54, 1.807) is 17.0 Å². The third-order valence-electron chi connectivity index (χ3n) is 6.04. The number of carbonyl (C=O) groups is 2. The number of carbonyl (C=O) groups excluding carboxylic acids is 2. The Hall–Kier alpha value is -3.42. The SMILES string of the molecule is O=C(C(c1ccccc1)N1CCCCC1=O)N1CCN(c2ccc([N+](=O)[O-])cc2)CC1. The van der Waals surface area contributed by atoms with E-state index in [0.717, 1.165) is 24.1 Å². The fourth-order valence-electron chi connectivity index (χ4n) is 4.33. The molecule has 2 fully saturated rings. The molecular weight excluding hydrogens is 396 g/mol. The van der Waals surface area contributed by atoms with Crippen LogP contribution in [0.2, 0.25) is 0 Å². The van der Waals surface area contributed by atoms with Gasteiger partial charge in [0, 0.05) is 57.0 Å². The summed E-state index contributed by atoms with van der Waals surface area (Å²) in [6, 6.07) is 15.4. The summed E-state index contributed by atoms with van der Waals surface area (Å²) in [6.45, 7) is 2.97. The molecule has 0 bridgehead atoms. The van der Waals surface area contributed by atoms with Crippen LogP contribution in [0.5, 0.6) is 0 Å². The summed E-state index contributed by atoms with van der Waals surface area (Å²) in [6.07, 6.45) is 2.28. The second kappa shape index (κ2) is 9.16. The van der Waals surface area contributed by atoms with Crippen LogP contribution in [0.25, 0.3) is 0 Å². The number of nitrogens with zero attached hydrogens (tertiary/aromatic N) is 4. The average Bonchev–Trinajstić information content (AvgIpc) is 2.81. The summed E-state index contributed by atoms with van der Waals surface area (Å²) >= 11 is 0. The van der Waals surface area contributed by atoms with Gasteiger partial charge in [-0.25, -0.2) is 0 Å². The first-order valence-electron chi connectivity index (χ1n) is 10.7. The number of hydrogen-bond acceptors (Lipinski definition) is 5. The zero-order valence-corrected chi connectivity index (χ0v) is 17.4. The number of benzene rings is 2. The maximum absolute atomic E-state index is 13.5. The smallest absolute Gasteiger partial charge is 0.269 e. The van der Waals surface area contributed by atoms with Crippen molar-refractivity contribution in [2.24, 2.45) is 0 Å². The first-order chi connectivity index (χ1) is 15.0. The van der Waals surface area contributed by atoms with E-state index in [4.69, 9.17) is 0 Å². The number of rotatable bonds is 5. The largest absolute Gasteiger partial charge is 0.368 e. The van der Waals surface area contributed by atoms with E-state index in [1.165, 1.54) is 12.1 Å². The molecule has 0 N–H and O–H groups in total. The molecule has 0 saturated carbocycles. The van der Waals surface area contributed by atoms with Crippen molar-refractivity contribution < 1.29 is 14.5 Å². The molecule has 1 atom stereocenters. The van der Waals surface area contributed by atoms with E-state index in [1.807, 2.05) is 35.2 Å². The molecule has 31 heavy (non-hydrogen) atoms. The quantitative estimate of drug-likeness (QED) is 0.546. The van der Waals surface area contributed by atoms with Crippen molar-refractivity contribution >= 4 is 23.2 Å². The number of hydrogen-bond donors (Lipinski definition) is 0. The van der Waals surface area contributed by atoms with Crippen LogP contribution >= 0.6 is 0 Å². The second-order valence-corrected chi connectivity index (χ2v) is 7.94. The summed E-state index contributed by atoms with van der Waals surface area (Å²) in [5.41, 5.74) is 1.82. The minimum absolute atomic E-state index is 0.0372. The summed E-state index contributed by atoms with van der Waals surface area (Å²) in [5, 5.41) is 10.9. The number of amides is 2. The minimum atomic E-state index is -0.583. The summed E-state index contributed by atoms with van der Waals surface area (Å²) in [7, 11) is 0. The van der Waals surface area contributed by atoms with Gasteiger partial charge < -0.3 is 14.7 Å². The van der Waals surface area contributed by atoms with Gasteiger partial charge in [0.25, 0.3) is 5.69 Å². The van der Waals surface area contributed by atoms with Gasteiger partial charge >= 0.3 is 0 Å². The molecular formula is C23H26N4O4. The van der Waals surface area contributed by atoms with Gasteiger partial charge in [-0.3, -0.25) is 19.7 Å². The molecule has 4 rings (SSSR count). The highest BCUT2D eigenvalue weighted by atomic mass is 16.6. The summed E-state index contributed by atoms with van der Waals surface area (Å²) in [4.78, 5) is 42.3. The molecule has 2 aromatic carbocycles. The van der Waals surface area contributed by atoms with Crippen LogP contribution in [0.15, 0.2) is 54.6 Å². The van der Waals surface area contributed by atoms with Crippen LogP contribution in [-0.4, -0.2) is 59.3 Å². The average molecular weight is 422 g/mol. The zero-order valence-electron chi connectivity index (χ0n) is 17.4. The molecule has 2 aliphatic heterocycles. The first kappa shape index (κ1) is 20.8. The number of anilines is 1. The van der Waals surface area contributed by atoms with Crippen molar-refractivity contribution in [2.75, 3.05) is 37.6 Å². The van der Waals surface area contributed by atoms with Gasteiger partial charge in [0.05, 0.1) is 4.92 Å². The van der Waals surface area contributed by atoms with Crippen LogP contribution in [0, 0.1) is 10.1 Å². The van der Waals surface area contributed by atoms with Crippen molar-refractivity contribution in [3.8, 4) is 0 Å². The van der Waals surface area contributed by atoms with Crippen LogP contribution in [0.1, 0.15) is 30.9 Å². The third kappa shape index (κ3) is 4.52. The summed E-state index contributed by atoms with van der Waals surface area (Å²) in [5.74, 6) is 0.00256. The predicted molar refractivity (Wildman–Crippen MR) is 117 cm³/mol. The van der Waals surface area contributed by atoms with Gasteiger partial charge in [-0.05, 0) is 30.5 Å². The topological polar surface area (TPSA) is 87.0 Å². The highest BCUT2D eigenvalue weighted by Gasteiger charge is 2.36. The van der Waals surface area contributed by atoms with Gasteiger partial charge in [0.2, 0.25) is 11.8 Å². The number of likely N-dealkylation sites (tertiary alicyclic amines) is 1. The highest BCUT2D eigenvalue weighted by molar-refractivity contribution is 5.89. The lowest BCUT2D eigenvalue weighted by atomic mass is 9.99. The lowest BCUT2D eigenvalue weighted by Crippen LogP contribution is -2.53. The van der Waals surface area contributed by atoms with Gasteiger partial charge in [-0.2, -0.15) is 0 Å². The molecule has 0 spiro atoms. The Morgan fingerprint density at radius 2 is 1.58 bits per heavy atom. The third-order valence-corrected chi connectivity index (χ3v) is 6.04. The molecule has 1 unspecified atom stereocenters. The normalized spacial score (nSPS) is 18.1. The monoisotopic (exact) mass is 422 g/mol. The fraction of sp³-hybridized carbons (Fsp3) is 0.391. The molecule has 2 heterocycles. The van der Waals surface area contributed by atoms with E-state index in [2.05, 4.69) is 4.90 Å². The Morgan fingerprint density at radius 1 is 0.903 bits per heavy atom. The molecule has 8 nitrogen and oxygen atoms in total. The van der Waals surface area contributed by atoms with E-state index < -0.39 is 11.0 Å². The standard InChI is InChI=1S/C23H26N4O4/c28-21-8-4-5-13-26(21)22(18-6-2-1-3-7-18)23(29)25-16-14-24(15-17-25)19-9-11-20(12-10-19)27(30)31/h1-3,6-7,9-12,22H,4-5,8,13-17H2. The molecule has 2 aromatic rings. The molecule has 0 aromatic heterocycles. The number of nitro groups is 1. The van der Waals surface area contributed by atoms with Crippen LogP contribution in [0.3, 0.4) is 0 Å². The van der Waals surface area contributed by atoms with Crippen molar-refractivity contribution in [3.63, 3.8) is 0 Å². The van der Waals surface area contributed by atoms with Crippen molar-refractivity contribution in [2.45, 2.75) is 25.3 Å². The van der Waals surface area contributed by atoms with Crippen LogP contribution in [-0.2, 0) is 9.59 Å². The second-order valence-electron chi connectivity index (χ2n) is 7.94.